The fourth-order valence-electron chi connectivity index (χ4n) is 3.38. The summed E-state index contributed by atoms with van der Waals surface area (Å²) in [5.74, 6) is -2.07. The molecule has 0 aromatic heterocycles. The first-order valence-electron chi connectivity index (χ1n) is 13.0. The second-order valence-electron chi connectivity index (χ2n) is 7.97. The average molecular weight is 523 g/mol. The van der Waals surface area contributed by atoms with Crippen molar-refractivity contribution in [1.82, 2.24) is 0 Å². The van der Waals surface area contributed by atoms with Crippen LogP contribution in [0.5, 0.6) is 0 Å². The summed E-state index contributed by atoms with van der Waals surface area (Å²) < 4.78 is 19.9. The first-order valence-corrected chi connectivity index (χ1v) is 13.5. The van der Waals surface area contributed by atoms with Crippen LogP contribution in [0.1, 0.15) is 99.3 Å². The van der Waals surface area contributed by atoms with E-state index in [-0.39, 0.29) is 13.2 Å². The number of carbonyl (C=O) groups is 4. The van der Waals surface area contributed by atoms with Crippen molar-refractivity contribution in [3.63, 3.8) is 0 Å². The highest BCUT2D eigenvalue weighted by molar-refractivity contribution is 6.17. The average Bonchev–Trinajstić information content (AvgIpc) is 2.82. The Balaban J connectivity index is 0. The van der Waals surface area contributed by atoms with Gasteiger partial charge >= 0.3 is 23.9 Å². The molecule has 35 heavy (non-hydrogen) atoms. The van der Waals surface area contributed by atoms with Gasteiger partial charge in [0.25, 0.3) is 0 Å². The topological polar surface area (TPSA) is 105 Å². The number of alkyl halides is 1. The zero-order chi connectivity index (χ0) is 27.1. The van der Waals surface area contributed by atoms with Crippen molar-refractivity contribution in [3.8, 4) is 0 Å². The molecule has 0 aliphatic carbocycles. The minimum atomic E-state index is -1.16. The number of hydrogen-bond acceptors (Lipinski definition) is 8. The van der Waals surface area contributed by atoms with Gasteiger partial charge in [-0.15, -0.1) is 11.6 Å². The molecule has 0 saturated carbocycles. The van der Waals surface area contributed by atoms with Crippen molar-refractivity contribution in [2.45, 2.75) is 99.3 Å². The zero-order valence-electron chi connectivity index (χ0n) is 22.6. The van der Waals surface area contributed by atoms with Gasteiger partial charge in [-0.3, -0.25) is 19.2 Å². The molecule has 0 aromatic rings. The predicted molar refractivity (Wildman–Crippen MR) is 136 cm³/mol. The van der Waals surface area contributed by atoms with E-state index >= 15 is 0 Å². The van der Waals surface area contributed by atoms with Crippen LogP contribution >= 0.6 is 11.6 Å². The van der Waals surface area contributed by atoms with Gasteiger partial charge in [0.1, 0.15) is 0 Å². The van der Waals surface area contributed by atoms with E-state index in [1.165, 1.54) is 0 Å². The molecular weight excluding hydrogens is 476 g/mol. The Hall–Kier alpha value is -1.83. The number of unbranched alkanes of at least 4 members (excludes halogenated alkanes) is 3. The second kappa shape index (κ2) is 22.6. The Morgan fingerprint density at radius 1 is 0.629 bits per heavy atom. The molecule has 0 heterocycles. The number of halogens is 1. The van der Waals surface area contributed by atoms with Crippen molar-refractivity contribution in [2.75, 3.05) is 32.3 Å². The Morgan fingerprint density at radius 2 is 1.06 bits per heavy atom. The minimum absolute atomic E-state index is 0.265. The van der Waals surface area contributed by atoms with Gasteiger partial charge in [-0.1, -0.05) is 46.0 Å². The molecule has 0 spiro atoms. The van der Waals surface area contributed by atoms with Gasteiger partial charge in [0.2, 0.25) is 0 Å². The predicted octanol–water partition coefficient (Wildman–Crippen LogP) is 5.62. The summed E-state index contributed by atoms with van der Waals surface area (Å²) in [6.45, 7) is 12.1. The fraction of sp³-hybridized carbons (Fsp3) is 0.846. The Bertz CT molecular complexity index is 558. The lowest BCUT2D eigenvalue weighted by atomic mass is 9.78. The molecule has 0 radical (unpaired) electrons. The zero-order valence-corrected chi connectivity index (χ0v) is 23.4. The van der Waals surface area contributed by atoms with E-state index < -0.39 is 35.2 Å². The number of ether oxygens (including phenoxy) is 4. The van der Waals surface area contributed by atoms with Crippen molar-refractivity contribution < 1.29 is 38.1 Å². The second-order valence-corrected chi connectivity index (χ2v) is 8.35. The maximum Gasteiger partial charge on any atom is 0.323 e. The lowest BCUT2D eigenvalue weighted by Gasteiger charge is -2.29. The molecular formula is C26H47ClO8. The van der Waals surface area contributed by atoms with Gasteiger partial charge in [-0.2, -0.15) is 0 Å². The molecule has 0 bridgehead atoms. The summed E-state index contributed by atoms with van der Waals surface area (Å²) in [5, 5.41) is 0. The molecule has 0 fully saturated rings. The van der Waals surface area contributed by atoms with Crippen LogP contribution in [0, 0.1) is 11.3 Å². The van der Waals surface area contributed by atoms with Crippen LogP contribution in [-0.2, 0) is 38.1 Å². The standard InChI is InChI=1S/C15H27ClO4.C11H20O4/c1-4-7-10-15(11-8-9-12-16,13(17)19-5-2)14(18)20-6-3;1-4-7-8-9(10(12)14-5-2)11(13)15-6-3/h4-12H2,1-3H3;9H,4-8H2,1-3H3. The van der Waals surface area contributed by atoms with Crippen molar-refractivity contribution in [3.05, 3.63) is 0 Å². The normalized spacial score (nSPS) is 10.7. The quantitative estimate of drug-likeness (QED) is 0.0750. The minimum Gasteiger partial charge on any atom is -0.465 e. The Labute approximate surface area is 216 Å². The third kappa shape index (κ3) is 14.4. The van der Waals surface area contributed by atoms with E-state index in [0.29, 0.717) is 44.8 Å². The summed E-state index contributed by atoms with van der Waals surface area (Å²) in [6.07, 6.45) is 6.38. The Kier molecular flexibility index (Phi) is 22.8. The molecule has 0 rings (SSSR count). The SMILES string of the molecule is CCCCC(C(=O)OCC)C(=O)OCC.CCCCC(CCCCCl)(C(=O)OCC)C(=O)OCC. The van der Waals surface area contributed by atoms with E-state index in [1.54, 1.807) is 27.7 Å². The molecule has 206 valence electrons. The smallest absolute Gasteiger partial charge is 0.323 e. The Morgan fingerprint density at radius 3 is 1.43 bits per heavy atom. The van der Waals surface area contributed by atoms with E-state index in [0.717, 1.165) is 32.1 Å². The van der Waals surface area contributed by atoms with Gasteiger partial charge in [0.15, 0.2) is 11.3 Å². The molecule has 0 aliphatic rings. The first-order chi connectivity index (χ1) is 16.8. The summed E-state index contributed by atoms with van der Waals surface area (Å²) in [7, 11) is 0. The van der Waals surface area contributed by atoms with Crippen LogP contribution in [0.3, 0.4) is 0 Å². The molecule has 0 unspecified atom stereocenters. The number of esters is 4. The maximum absolute atomic E-state index is 12.3. The largest absolute Gasteiger partial charge is 0.465 e. The summed E-state index contributed by atoms with van der Waals surface area (Å²) >= 11 is 5.68. The highest BCUT2D eigenvalue weighted by atomic mass is 35.5. The van der Waals surface area contributed by atoms with Crippen molar-refractivity contribution in [2.24, 2.45) is 11.3 Å². The van der Waals surface area contributed by atoms with E-state index in [1.807, 2.05) is 13.8 Å². The van der Waals surface area contributed by atoms with E-state index in [9.17, 15) is 19.2 Å². The van der Waals surface area contributed by atoms with Gasteiger partial charge in [-0.05, 0) is 53.4 Å². The monoisotopic (exact) mass is 522 g/mol. The third-order valence-corrected chi connectivity index (χ3v) is 5.53. The first kappa shape index (κ1) is 35.3. The van der Waals surface area contributed by atoms with Gasteiger partial charge < -0.3 is 18.9 Å². The van der Waals surface area contributed by atoms with Crippen LogP contribution in [0.15, 0.2) is 0 Å². The number of carbonyl (C=O) groups excluding carboxylic acids is 4. The van der Waals surface area contributed by atoms with E-state index in [4.69, 9.17) is 30.5 Å². The van der Waals surface area contributed by atoms with Crippen LogP contribution in [0.4, 0.5) is 0 Å². The van der Waals surface area contributed by atoms with Crippen molar-refractivity contribution >= 4 is 35.5 Å². The maximum atomic E-state index is 12.3. The number of rotatable bonds is 18. The lowest BCUT2D eigenvalue weighted by Crippen LogP contribution is -2.42. The van der Waals surface area contributed by atoms with Gasteiger partial charge in [-0.25, -0.2) is 0 Å². The van der Waals surface area contributed by atoms with Crippen molar-refractivity contribution in [1.29, 1.82) is 0 Å². The highest BCUT2D eigenvalue weighted by Gasteiger charge is 2.47. The molecule has 0 aromatic carbocycles. The summed E-state index contributed by atoms with van der Waals surface area (Å²) in [4.78, 5) is 47.5. The van der Waals surface area contributed by atoms with Crippen LogP contribution in [0.25, 0.3) is 0 Å². The van der Waals surface area contributed by atoms with E-state index in [2.05, 4.69) is 0 Å². The molecule has 9 heteroatoms. The highest BCUT2D eigenvalue weighted by Crippen LogP contribution is 2.34. The molecule has 0 amide bonds. The molecule has 0 aliphatic heterocycles. The third-order valence-electron chi connectivity index (χ3n) is 5.27. The van der Waals surface area contributed by atoms with Crippen LogP contribution in [-0.4, -0.2) is 56.2 Å². The van der Waals surface area contributed by atoms with Gasteiger partial charge in [0, 0.05) is 5.88 Å². The summed E-state index contributed by atoms with van der Waals surface area (Å²) in [5.41, 5.74) is -1.16. The fourth-order valence-corrected chi connectivity index (χ4v) is 3.57. The molecule has 0 atom stereocenters. The summed E-state index contributed by atoms with van der Waals surface area (Å²) in [6, 6.07) is 0. The number of hydrogen-bond donors (Lipinski definition) is 0. The molecule has 0 N–H and O–H groups in total. The lowest BCUT2D eigenvalue weighted by molar-refractivity contribution is -0.174. The van der Waals surface area contributed by atoms with Gasteiger partial charge in [0.05, 0.1) is 26.4 Å². The molecule has 0 saturated heterocycles. The van der Waals surface area contributed by atoms with Crippen LogP contribution < -0.4 is 0 Å². The molecule has 8 nitrogen and oxygen atoms in total. The van der Waals surface area contributed by atoms with Crippen LogP contribution in [0.2, 0.25) is 0 Å².